The summed E-state index contributed by atoms with van der Waals surface area (Å²) in [5.41, 5.74) is 0.629. The average molecular weight is 415 g/mol. The molecule has 0 saturated heterocycles. The number of hydrogen-bond acceptors (Lipinski definition) is 6. The first-order valence-electron chi connectivity index (χ1n) is 9.80. The topological polar surface area (TPSA) is 86.2 Å². The molecule has 1 aromatic rings. The predicted molar refractivity (Wildman–Crippen MR) is 113 cm³/mol. The lowest BCUT2D eigenvalue weighted by Gasteiger charge is -2.12. The largest absolute Gasteiger partial charge is 0.493 e. The van der Waals surface area contributed by atoms with Crippen LogP contribution in [0.25, 0.3) is 0 Å². The minimum atomic E-state index is -3.43. The number of hydrogen-bond donors (Lipinski definition) is 1. The number of methoxy groups -OCH3 is 3. The first-order valence-corrected chi connectivity index (χ1v) is 11.4. The van der Waals surface area contributed by atoms with Crippen molar-refractivity contribution >= 4 is 16.2 Å². The molecule has 28 heavy (non-hydrogen) atoms. The number of ether oxygens (including phenoxy) is 3. The minimum Gasteiger partial charge on any atom is -0.493 e. The SMILES string of the molecule is CCCCCCCCCCS(=O)(=O)NN=Cc1cc(OC)c(OC)c(OC)c1. The quantitative estimate of drug-likeness (QED) is 0.265. The molecule has 0 heterocycles. The monoisotopic (exact) mass is 414 g/mol. The normalized spacial score (nSPS) is 11.6. The second-order valence-corrected chi connectivity index (χ2v) is 8.42. The fourth-order valence-corrected chi connectivity index (χ4v) is 3.72. The van der Waals surface area contributed by atoms with E-state index >= 15 is 0 Å². The van der Waals surface area contributed by atoms with Crippen LogP contribution in [0.5, 0.6) is 17.2 Å². The lowest BCUT2D eigenvalue weighted by molar-refractivity contribution is 0.324. The van der Waals surface area contributed by atoms with Gasteiger partial charge in [0.05, 0.1) is 33.3 Å². The molecule has 0 atom stereocenters. The number of sulfonamides is 1. The van der Waals surface area contributed by atoms with Crippen LogP contribution in [0, 0.1) is 0 Å². The van der Waals surface area contributed by atoms with E-state index in [0.29, 0.717) is 29.2 Å². The van der Waals surface area contributed by atoms with Crippen LogP contribution in [0.2, 0.25) is 0 Å². The number of nitrogens with zero attached hydrogens (tertiary/aromatic N) is 1. The molecular formula is C20H34N2O5S. The Kier molecular flexibility index (Phi) is 11.4. The van der Waals surface area contributed by atoms with E-state index in [1.807, 2.05) is 0 Å². The average Bonchev–Trinajstić information content (AvgIpc) is 2.68. The summed E-state index contributed by atoms with van der Waals surface area (Å²) in [6.07, 6.45) is 10.2. The summed E-state index contributed by atoms with van der Waals surface area (Å²) < 4.78 is 39.9. The number of hydrazone groups is 1. The molecule has 0 unspecified atom stereocenters. The van der Waals surface area contributed by atoms with E-state index < -0.39 is 10.0 Å². The molecule has 160 valence electrons. The fraction of sp³-hybridized carbons (Fsp3) is 0.650. The fourth-order valence-electron chi connectivity index (χ4n) is 2.83. The van der Waals surface area contributed by atoms with Crippen LogP contribution >= 0.6 is 0 Å². The van der Waals surface area contributed by atoms with Crippen LogP contribution < -0.4 is 19.0 Å². The van der Waals surface area contributed by atoms with Gasteiger partial charge in [0.15, 0.2) is 11.5 Å². The highest BCUT2D eigenvalue weighted by Gasteiger charge is 2.13. The molecule has 1 aromatic carbocycles. The minimum absolute atomic E-state index is 0.0779. The second kappa shape index (κ2) is 13.3. The molecular weight excluding hydrogens is 380 g/mol. The molecule has 0 radical (unpaired) electrons. The first-order chi connectivity index (χ1) is 13.5. The number of benzene rings is 1. The molecule has 7 nitrogen and oxygen atoms in total. The summed E-state index contributed by atoms with van der Waals surface area (Å²) in [6, 6.07) is 3.38. The van der Waals surface area contributed by atoms with Crippen LogP contribution in [0.15, 0.2) is 17.2 Å². The van der Waals surface area contributed by atoms with Gasteiger partial charge in [-0.15, -0.1) is 0 Å². The maximum Gasteiger partial charge on any atom is 0.247 e. The predicted octanol–water partition coefficient (Wildman–Crippen LogP) is 4.11. The van der Waals surface area contributed by atoms with E-state index in [1.165, 1.54) is 59.6 Å². The van der Waals surface area contributed by atoms with Gasteiger partial charge >= 0.3 is 0 Å². The summed E-state index contributed by atoms with van der Waals surface area (Å²) in [6.45, 7) is 2.20. The zero-order chi connectivity index (χ0) is 20.8. The summed E-state index contributed by atoms with van der Waals surface area (Å²) in [4.78, 5) is 2.26. The van der Waals surface area contributed by atoms with E-state index in [9.17, 15) is 8.42 Å². The molecule has 0 bridgehead atoms. The summed E-state index contributed by atoms with van der Waals surface area (Å²) in [5, 5.41) is 3.85. The smallest absolute Gasteiger partial charge is 0.247 e. The third kappa shape index (κ3) is 8.82. The number of nitrogens with one attached hydrogen (secondary N) is 1. The van der Waals surface area contributed by atoms with Crippen molar-refractivity contribution in [3.63, 3.8) is 0 Å². The van der Waals surface area contributed by atoms with E-state index in [0.717, 1.165) is 12.8 Å². The Hall–Kier alpha value is -1.96. The van der Waals surface area contributed by atoms with Gasteiger partial charge in [0.25, 0.3) is 0 Å². The van der Waals surface area contributed by atoms with Crippen molar-refractivity contribution in [3.05, 3.63) is 17.7 Å². The van der Waals surface area contributed by atoms with Crippen molar-refractivity contribution in [2.75, 3.05) is 27.1 Å². The van der Waals surface area contributed by atoms with Gasteiger partial charge in [0.2, 0.25) is 15.8 Å². The van der Waals surface area contributed by atoms with Crippen molar-refractivity contribution in [1.82, 2.24) is 4.83 Å². The molecule has 0 aliphatic heterocycles. The van der Waals surface area contributed by atoms with Crippen molar-refractivity contribution in [2.24, 2.45) is 5.10 Å². The van der Waals surface area contributed by atoms with Gasteiger partial charge in [-0.2, -0.15) is 5.10 Å². The molecule has 0 amide bonds. The highest BCUT2D eigenvalue weighted by atomic mass is 32.2. The molecule has 0 fully saturated rings. The molecule has 1 rings (SSSR count). The third-order valence-electron chi connectivity index (χ3n) is 4.36. The Morgan fingerprint density at radius 3 is 1.93 bits per heavy atom. The summed E-state index contributed by atoms with van der Waals surface area (Å²) in [7, 11) is 1.13. The van der Waals surface area contributed by atoms with Crippen molar-refractivity contribution in [3.8, 4) is 17.2 Å². The highest BCUT2D eigenvalue weighted by molar-refractivity contribution is 7.89. The third-order valence-corrected chi connectivity index (χ3v) is 5.57. The molecule has 0 aliphatic rings. The first kappa shape index (κ1) is 24.1. The lowest BCUT2D eigenvalue weighted by atomic mass is 10.1. The standard InChI is InChI=1S/C20H34N2O5S/c1-5-6-7-8-9-10-11-12-13-28(23,24)22-21-16-17-14-18(25-2)20(27-4)19(15-17)26-3/h14-16,22H,5-13H2,1-4H3. The van der Waals surface area contributed by atoms with Gasteiger partial charge in [-0.25, -0.2) is 13.2 Å². The number of unbranched alkanes of at least 4 members (excludes halogenated alkanes) is 7. The van der Waals surface area contributed by atoms with Gasteiger partial charge in [0.1, 0.15) is 0 Å². The molecule has 8 heteroatoms. The van der Waals surface area contributed by atoms with Crippen LogP contribution in [-0.4, -0.2) is 41.7 Å². The summed E-state index contributed by atoms with van der Waals surface area (Å²) in [5.74, 6) is 1.50. The maximum absolute atomic E-state index is 12.0. The Bertz CT molecular complexity index is 680. The van der Waals surface area contributed by atoms with E-state index in [2.05, 4.69) is 16.9 Å². The molecule has 1 N–H and O–H groups in total. The maximum atomic E-state index is 12.0. The Morgan fingerprint density at radius 2 is 1.43 bits per heavy atom. The zero-order valence-electron chi connectivity index (χ0n) is 17.5. The lowest BCUT2D eigenvalue weighted by Crippen LogP contribution is -2.21. The van der Waals surface area contributed by atoms with Crippen LogP contribution in [0.1, 0.15) is 63.9 Å². The second-order valence-electron chi connectivity index (χ2n) is 6.60. The van der Waals surface area contributed by atoms with Gasteiger partial charge in [-0.3, -0.25) is 0 Å². The van der Waals surface area contributed by atoms with Gasteiger partial charge < -0.3 is 14.2 Å². The Balaban J connectivity index is 2.48. The van der Waals surface area contributed by atoms with Gasteiger partial charge in [-0.05, 0) is 18.6 Å². The van der Waals surface area contributed by atoms with Crippen molar-refractivity contribution < 1.29 is 22.6 Å². The molecule has 0 aromatic heterocycles. The molecule has 0 aliphatic carbocycles. The zero-order valence-corrected chi connectivity index (χ0v) is 18.3. The van der Waals surface area contributed by atoms with Crippen LogP contribution in [-0.2, 0) is 10.0 Å². The van der Waals surface area contributed by atoms with E-state index in [-0.39, 0.29) is 5.75 Å². The Morgan fingerprint density at radius 1 is 0.893 bits per heavy atom. The Labute approximate surface area is 169 Å². The van der Waals surface area contributed by atoms with E-state index in [1.54, 1.807) is 12.1 Å². The van der Waals surface area contributed by atoms with Gasteiger partial charge in [-0.1, -0.05) is 51.9 Å². The van der Waals surface area contributed by atoms with E-state index in [4.69, 9.17) is 14.2 Å². The highest BCUT2D eigenvalue weighted by Crippen LogP contribution is 2.37. The van der Waals surface area contributed by atoms with Crippen molar-refractivity contribution in [1.29, 1.82) is 0 Å². The summed E-state index contributed by atoms with van der Waals surface area (Å²) >= 11 is 0. The van der Waals surface area contributed by atoms with Crippen LogP contribution in [0.4, 0.5) is 0 Å². The van der Waals surface area contributed by atoms with Crippen molar-refractivity contribution in [2.45, 2.75) is 58.3 Å². The number of rotatable bonds is 15. The molecule has 0 saturated carbocycles. The van der Waals surface area contributed by atoms with Crippen LogP contribution in [0.3, 0.4) is 0 Å². The van der Waals surface area contributed by atoms with Gasteiger partial charge in [0, 0.05) is 5.56 Å². The molecule has 0 spiro atoms.